The van der Waals surface area contributed by atoms with E-state index >= 15 is 0 Å². The minimum Gasteiger partial charge on any atom is -0.378 e. The van der Waals surface area contributed by atoms with Crippen LogP contribution in [0, 0.1) is 10.1 Å². The van der Waals surface area contributed by atoms with Gasteiger partial charge in [-0.1, -0.05) is 11.6 Å². The number of hydrogen-bond donors (Lipinski definition) is 1. The molecule has 1 saturated heterocycles. The molecule has 1 aromatic heterocycles. The lowest BCUT2D eigenvalue weighted by Gasteiger charge is -2.27. The highest BCUT2D eigenvalue weighted by Crippen LogP contribution is 2.27. The summed E-state index contributed by atoms with van der Waals surface area (Å²) in [4.78, 5) is 20.9. The molecule has 0 spiro atoms. The van der Waals surface area contributed by atoms with Crippen LogP contribution >= 0.6 is 11.6 Å². The molecule has 1 fully saturated rings. The molecule has 0 saturated carbocycles. The topological polar surface area (TPSA) is 93.4 Å². The van der Waals surface area contributed by atoms with Gasteiger partial charge in [0.25, 0.3) is 0 Å². The normalized spacial score (nSPS) is 14.6. The molecule has 3 rings (SSSR count). The molecule has 120 valence electrons. The van der Waals surface area contributed by atoms with Gasteiger partial charge in [-0.3, -0.25) is 10.1 Å². The maximum absolute atomic E-state index is 11.2. The van der Waals surface area contributed by atoms with Crippen molar-refractivity contribution in [2.45, 2.75) is 0 Å². The van der Waals surface area contributed by atoms with Gasteiger partial charge in [0.15, 0.2) is 0 Å². The number of benzene rings is 1. The van der Waals surface area contributed by atoms with E-state index in [9.17, 15) is 10.1 Å². The standard InChI is InChI=1S/C14H14ClN5O3/c15-10-1-3-11(4-2-10)17-14-16-9-12(20(21)22)13(18-14)19-5-7-23-8-6-19/h1-4,9H,5-8H2,(H,16,17,18). The van der Waals surface area contributed by atoms with Crippen molar-refractivity contribution in [2.75, 3.05) is 36.5 Å². The Balaban J connectivity index is 1.89. The van der Waals surface area contributed by atoms with Crippen molar-refractivity contribution >= 4 is 34.7 Å². The average molecular weight is 336 g/mol. The van der Waals surface area contributed by atoms with E-state index in [-0.39, 0.29) is 5.69 Å². The summed E-state index contributed by atoms with van der Waals surface area (Å²) in [6, 6.07) is 7.03. The summed E-state index contributed by atoms with van der Waals surface area (Å²) < 4.78 is 5.28. The van der Waals surface area contributed by atoms with Gasteiger partial charge in [-0.2, -0.15) is 4.98 Å². The maximum atomic E-state index is 11.2. The molecule has 2 aromatic rings. The van der Waals surface area contributed by atoms with Crippen LogP contribution in [-0.4, -0.2) is 41.2 Å². The maximum Gasteiger partial charge on any atom is 0.329 e. The molecule has 2 heterocycles. The van der Waals surface area contributed by atoms with Gasteiger partial charge in [0, 0.05) is 23.8 Å². The molecule has 1 aliphatic rings. The Morgan fingerprint density at radius 2 is 1.96 bits per heavy atom. The van der Waals surface area contributed by atoms with E-state index in [2.05, 4.69) is 15.3 Å². The first-order chi connectivity index (χ1) is 11.1. The molecule has 1 N–H and O–H groups in total. The second kappa shape index (κ2) is 6.76. The first-order valence-electron chi connectivity index (χ1n) is 7.00. The number of nitrogens with one attached hydrogen (secondary N) is 1. The molecule has 0 radical (unpaired) electrons. The van der Waals surface area contributed by atoms with E-state index in [0.29, 0.717) is 43.1 Å². The first kappa shape index (κ1) is 15.4. The second-order valence-corrected chi connectivity index (χ2v) is 5.33. The third-order valence-corrected chi connectivity index (χ3v) is 3.61. The molecule has 0 unspecified atom stereocenters. The lowest BCUT2D eigenvalue weighted by Crippen LogP contribution is -2.37. The molecule has 0 atom stereocenters. The average Bonchev–Trinajstić information content (AvgIpc) is 2.57. The highest BCUT2D eigenvalue weighted by Gasteiger charge is 2.24. The molecule has 0 amide bonds. The largest absolute Gasteiger partial charge is 0.378 e. The predicted molar refractivity (Wildman–Crippen MR) is 86.5 cm³/mol. The van der Waals surface area contributed by atoms with Crippen molar-refractivity contribution < 1.29 is 9.66 Å². The molecule has 0 aliphatic carbocycles. The zero-order valence-electron chi connectivity index (χ0n) is 12.1. The van der Waals surface area contributed by atoms with Crippen molar-refractivity contribution in [3.63, 3.8) is 0 Å². The van der Waals surface area contributed by atoms with E-state index in [1.54, 1.807) is 24.3 Å². The highest BCUT2D eigenvalue weighted by molar-refractivity contribution is 6.30. The van der Waals surface area contributed by atoms with Gasteiger partial charge >= 0.3 is 5.69 Å². The van der Waals surface area contributed by atoms with Crippen LogP contribution in [0.2, 0.25) is 5.02 Å². The Morgan fingerprint density at radius 3 is 2.61 bits per heavy atom. The fourth-order valence-electron chi connectivity index (χ4n) is 2.23. The number of aromatic nitrogens is 2. The number of ether oxygens (including phenoxy) is 1. The van der Waals surface area contributed by atoms with Crippen LogP contribution in [0.1, 0.15) is 0 Å². The number of nitro groups is 1. The van der Waals surface area contributed by atoms with Crippen molar-refractivity contribution in [3.05, 3.63) is 45.6 Å². The molecular weight excluding hydrogens is 322 g/mol. The first-order valence-corrected chi connectivity index (χ1v) is 7.38. The van der Waals surface area contributed by atoms with Gasteiger partial charge in [0.1, 0.15) is 6.20 Å². The van der Waals surface area contributed by atoms with Gasteiger partial charge in [-0.15, -0.1) is 0 Å². The molecule has 1 aromatic carbocycles. The monoisotopic (exact) mass is 335 g/mol. The second-order valence-electron chi connectivity index (χ2n) is 4.89. The Labute approximate surface area is 137 Å². The zero-order valence-corrected chi connectivity index (χ0v) is 12.9. The quantitative estimate of drug-likeness (QED) is 0.678. The van der Waals surface area contributed by atoms with Gasteiger partial charge < -0.3 is 15.0 Å². The number of anilines is 3. The van der Waals surface area contributed by atoms with E-state index in [0.717, 1.165) is 5.69 Å². The molecule has 9 heteroatoms. The summed E-state index contributed by atoms with van der Waals surface area (Å²) in [6.07, 6.45) is 1.22. The summed E-state index contributed by atoms with van der Waals surface area (Å²) in [5.41, 5.74) is 0.629. The fourth-order valence-corrected chi connectivity index (χ4v) is 2.35. The molecule has 0 bridgehead atoms. The SMILES string of the molecule is O=[N+]([O-])c1cnc(Nc2ccc(Cl)cc2)nc1N1CCOCC1. The van der Waals surface area contributed by atoms with Crippen LogP contribution in [-0.2, 0) is 4.74 Å². The van der Waals surface area contributed by atoms with Crippen molar-refractivity contribution in [3.8, 4) is 0 Å². The van der Waals surface area contributed by atoms with Gasteiger partial charge in [-0.25, -0.2) is 4.98 Å². The Kier molecular flexibility index (Phi) is 4.54. The number of morpholine rings is 1. The highest BCUT2D eigenvalue weighted by atomic mass is 35.5. The van der Waals surface area contributed by atoms with Gasteiger partial charge in [-0.05, 0) is 24.3 Å². The van der Waals surface area contributed by atoms with Crippen LogP contribution in [0.3, 0.4) is 0 Å². The Morgan fingerprint density at radius 1 is 1.26 bits per heavy atom. The third-order valence-electron chi connectivity index (χ3n) is 3.36. The van der Waals surface area contributed by atoms with E-state index in [4.69, 9.17) is 16.3 Å². The minimum absolute atomic E-state index is 0.117. The summed E-state index contributed by atoms with van der Waals surface area (Å²) in [5, 5.41) is 14.8. The van der Waals surface area contributed by atoms with E-state index in [1.807, 2.05) is 4.90 Å². The van der Waals surface area contributed by atoms with E-state index < -0.39 is 4.92 Å². The van der Waals surface area contributed by atoms with Gasteiger partial charge in [0.05, 0.1) is 18.1 Å². The Bertz CT molecular complexity index is 704. The summed E-state index contributed by atoms with van der Waals surface area (Å²) >= 11 is 5.84. The minimum atomic E-state index is -0.475. The molecule has 1 aliphatic heterocycles. The van der Waals surface area contributed by atoms with Crippen molar-refractivity contribution in [1.29, 1.82) is 0 Å². The fraction of sp³-hybridized carbons (Fsp3) is 0.286. The van der Waals surface area contributed by atoms with E-state index in [1.165, 1.54) is 6.20 Å². The lowest BCUT2D eigenvalue weighted by atomic mass is 10.3. The van der Waals surface area contributed by atoms with Crippen LogP contribution < -0.4 is 10.2 Å². The lowest BCUT2D eigenvalue weighted by molar-refractivity contribution is -0.384. The van der Waals surface area contributed by atoms with Crippen LogP contribution in [0.5, 0.6) is 0 Å². The molecule has 8 nitrogen and oxygen atoms in total. The van der Waals surface area contributed by atoms with Gasteiger partial charge in [0.2, 0.25) is 11.8 Å². The number of hydrogen-bond acceptors (Lipinski definition) is 7. The number of halogens is 1. The summed E-state index contributed by atoms with van der Waals surface area (Å²) in [7, 11) is 0. The summed E-state index contributed by atoms with van der Waals surface area (Å²) in [5.74, 6) is 0.587. The molecular formula is C14H14ClN5O3. The zero-order chi connectivity index (χ0) is 16.2. The number of nitrogens with zero attached hydrogens (tertiary/aromatic N) is 4. The van der Waals surface area contributed by atoms with Crippen LogP contribution in [0.15, 0.2) is 30.5 Å². The van der Waals surface area contributed by atoms with Crippen LogP contribution in [0.4, 0.5) is 23.1 Å². The Hall–Kier alpha value is -2.45. The van der Waals surface area contributed by atoms with Crippen LogP contribution in [0.25, 0.3) is 0 Å². The predicted octanol–water partition coefficient (Wildman–Crippen LogP) is 2.62. The third kappa shape index (κ3) is 3.66. The molecule has 23 heavy (non-hydrogen) atoms. The van der Waals surface area contributed by atoms with Crippen molar-refractivity contribution in [2.24, 2.45) is 0 Å². The van der Waals surface area contributed by atoms with Crippen molar-refractivity contribution in [1.82, 2.24) is 9.97 Å². The smallest absolute Gasteiger partial charge is 0.329 e. The number of rotatable bonds is 4. The summed E-state index contributed by atoms with van der Waals surface area (Å²) in [6.45, 7) is 2.14.